The summed E-state index contributed by atoms with van der Waals surface area (Å²) in [6, 6.07) is 6.27. The summed E-state index contributed by atoms with van der Waals surface area (Å²) in [4.78, 5) is 10.9. The molecule has 106 valence electrons. The van der Waals surface area contributed by atoms with E-state index in [2.05, 4.69) is 34.8 Å². The second-order valence-corrected chi connectivity index (χ2v) is 4.89. The first-order valence-corrected chi connectivity index (χ1v) is 7.04. The topological polar surface area (TPSA) is 55.0 Å². The predicted molar refractivity (Wildman–Crippen MR) is 82.7 cm³/mol. The van der Waals surface area contributed by atoms with Gasteiger partial charge in [-0.3, -0.25) is 4.98 Å². The van der Waals surface area contributed by atoms with E-state index < -0.39 is 0 Å². The van der Waals surface area contributed by atoms with Gasteiger partial charge in [0.1, 0.15) is 5.82 Å². The maximum absolute atomic E-state index is 5.59. The van der Waals surface area contributed by atoms with Crippen molar-refractivity contribution in [2.24, 2.45) is 5.73 Å². The maximum atomic E-state index is 5.59. The molecule has 0 bridgehead atoms. The minimum atomic E-state index is 0.662. The lowest BCUT2D eigenvalue weighted by Gasteiger charge is -2.24. The van der Waals surface area contributed by atoms with Crippen LogP contribution in [-0.2, 0) is 13.0 Å². The molecule has 20 heavy (non-hydrogen) atoms. The molecule has 0 unspecified atom stereocenters. The number of aromatic nitrogens is 2. The fourth-order valence-corrected chi connectivity index (χ4v) is 2.31. The molecule has 0 radical (unpaired) electrons. The van der Waals surface area contributed by atoms with Crippen LogP contribution in [-0.4, -0.2) is 23.1 Å². The molecule has 2 heterocycles. The molecule has 4 heteroatoms. The van der Waals surface area contributed by atoms with Crippen LogP contribution in [0.2, 0.25) is 0 Å². The molecule has 0 amide bonds. The third kappa shape index (κ3) is 3.54. The zero-order chi connectivity index (χ0) is 14.4. The highest BCUT2D eigenvalue weighted by molar-refractivity contribution is 5.47. The number of nitrogens with two attached hydrogens (primary N) is 1. The van der Waals surface area contributed by atoms with Gasteiger partial charge in [0.2, 0.25) is 0 Å². The van der Waals surface area contributed by atoms with Crippen LogP contribution in [0.15, 0.2) is 36.8 Å². The third-order valence-electron chi connectivity index (χ3n) is 3.34. The lowest BCUT2D eigenvalue weighted by Crippen LogP contribution is -2.24. The summed E-state index contributed by atoms with van der Waals surface area (Å²) in [5.41, 5.74) is 9.24. The minimum absolute atomic E-state index is 0.662. The highest BCUT2D eigenvalue weighted by Crippen LogP contribution is 2.20. The molecule has 4 nitrogen and oxygen atoms in total. The van der Waals surface area contributed by atoms with Crippen molar-refractivity contribution in [2.75, 3.05) is 18.0 Å². The van der Waals surface area contributed by atoms with Crippen molar-refractivity contribution >= 4 is 5.82 Å². The zero-order valence-electron chi connectivity index (χ0n) is 12.2. The van der Waals surface area contributed by atoms with E-state index in [0.29, 0.717) is 6.54 Å². The van der Waals surface area contributed by atoms with E-state index in [1.807, 2.05) is 30.7 Å². The van der Waals surface area contributed by atoms with Gasteiger partial charge in [-0.2, -0.15) is 0 Å². The van der Waals surface area contributed by atoms with Crippen molar-refractivity contribution in [1.29, 1.82) is 0 Å². The third-order valence-corrected chi connectivity index (χ3v) is 3.34. The summed E-state index contributed by atoms with van der Waals surface area (Å²) in [5.74, 6) is 1.05. The molecule has 2 aromatic heterocycles. The Morgan fingerprint density at radius 1 is 1.20 bits per heavy atom. The molecular formula is C16H22N4. The number of anilines is 1. The monoisotopic (exact) mass is 270 g/mol. The molecule has 0 saturated heterocycles. The average molecular weight is 270 g/mol. The van der Waals surface area contributed by atoms with Gasteiger partial charge in [0.25, 0.3) is 0 Å². The number of hydrogen-bond donors (Lipinski definition) is 1. The van der Waals surface area contributed by atoms with Crippen molar-refractivity contribution in [3.8, 4) is 0 Å². The predicted octanol–water partition coefficient (Wildman–Crippen LogP) is 2.31. The van der Waals surface area contributed by atoms with Crippen LogP contribution in [0.4, 0.5) is 5.82 Å². The summed E-state index contributed by atoms with van der Waals surface area (Å²) in [6.07, 6.45) is 6.47. The Balaban J connectivity index is 2.19. The van der Waals surface area contributed by atoms with Crippen molar-refractivity contribution in [2.45, 2.75) is 26.8 Å². The molecule has 2 aromatic rings. The van der Waals surface area contributed by atoms with Crippen LogP contribution in [0.5, 0.6) is 0 Å². The van der Waals surface area contributed by atoms with Gasteiger partial charge in [0.05, 0.1) is 0 Å². The first kappa shape index (κ1) is 14.5. The SMILES string of the molecule is CCN(Cc1ccncc1)c1ncc(CCN)cc1C. The van der Waals surface area contributed by atoms with Crippen LogP contribution in [0.25, 0.3) is 0 Å². The van der Waals surface area contributed by atoms with E-state index in [1.165, 1.54) is 16.7 Å². The molecule has 0 aromatic carbocycles. The lowest BCUT2D eigenvalue weighted by molar-refractivity contribution is 0.804. The Bertz CT molecular complexity index is 539. The molecule has 0 saturated carbocycles. The highest BCUT2D eigenvalue weighted by atomic mass is 15.2. The molecule has 2 rings (SSSR count). The fourth-order valence-electron chi connectivity index (χ4n) is 2.31. The quantitative estimate of drug-likeness (QED) is 0.875. The zero-order valence-corrected chi connectivity index (χ0v) is 12.2. The van der Waals surface area contributed by atoms with E-state index in [4.69, 9.17) is 5.73 Å². The molecule has 0 fully saturated rings. The summed E-state index contributed by atoms with van der Waals surface area (Å²) in [5, 5.41) is 0. The van der Waals surface area contributed by atoms with Crippen molar-refractivity contribution in [3.05, 3.63) is 53.5 Å². The summed E-state index contributed by atoms with van der Waals surface area (Å²) in [6.45, 7) is 6.69. The van der Waals surface area contributed by atoms with E-state index in [0.717, 1.165) is 25.3 Å². The standard InChI is InChI=1S/C16H22N4/c1-3-20(12-14-5-8-18-9-6-14)16-13(2)10-15(4-7-17)11-19-16/h5-6,8-11H,3-4,7,12,17H2,1-2H3. The van der Waals surface area contributed by atoms with Crippen molar-refractivity contribution in [1.82, 2.24) is 9.97 Å². The number of hydrogen-bond acceptors (Lipinski definition) is 4. The van der Waals surface area contributed by atoms with E-state index >= 15 is 0 Å². The van der Waals surface area contributed by atoms with Gasteiger partial charge >= 0.3 is 0 Å². The van der Waals surface area contributed by atoms with Crippen LogP contribution in [0.1, 0.15) is 23.6 Å². The van der Waals surface area contributed by atoms with E-state index in [-0.39, 0.29) is 0 Å². The number of aryl methyl sites for hydroxylation is 1. The van der Waals surface area contributed by atoms with Crippen molar-refractivity contribution in [3.63, 3.8) is 0 Å². The number of pyridine rings is 2. The van der Waals surface area contributed by atoms with Gasteiger partial charge in [-0.05, 0) is 55.6 Å². The van der Waals surface area contributed by atoms with Crippen LogP contribution in [0, 0.1) is 6.92 Å². The van der Waals surface area contributed by atoms with Crippen LogP contribution in [0.3, 0.4) is 0 Å². The Hall–Kier alpha value is -1.94. The molecule has 0 aliphatic heterocycles. The first-order valence-electron chi connectivity index (χ1n) is 7.04. The second-order valence-electron chi connectivity index (χ2n) is 4.89. The van der Waals surface area contributed by atoms with Gasteiger partial charge in [-0.15, -0.1) is 0 Å². The Kier molecular flexibility index (Phi) is 5.07. The van der Waals surface area contributed by atoms with Crippen LogP contribution < -0.4 is 10.6 Å². The van der Waals surface area contributed by atoms with Crippen LogP contribution >= 0.6 is 0 Å². The molecule has 0 aliphatic rings. The van der Waals surface area contributed by atoms with Gasteiger partial charge in [-0.25, -0.2) is 4.98 Å². The van der Waals surface area contributed by atoms with Gasteiger partial charge < -0.3 is 10.6 Å². The van der Waals surface area contributed by atoms with Gasteiger partial charge in [-0.1, -0.05) is 6.07 Å². The average Bonchev–Trinajstić information content (AvgIpc) is 2.47. The minimum Gasteiger partial charge on any atom is -0.352 e. The molecule has 2 N–H and O–H groups in total. The van der Waals surface area contributed by atoms with Gasteiger partial charge in [0.15, 0.2) is 0 Å². The van der Waals surface area contributed by atoms with E-state index in [9.17, 15) is 0 Å². The molecule has 0 atom stereocenters. The normalized spacial score (nSPS) is 10.6. The maximum Gasteiger partial charge on any atom is 0.131 e. The largest absolute Gasteiger partial charge is 0.352 e. The fraction of sp³-hybridized carbons (Fsp3) is 0.375. The number of nitrogens with zero attached hydrogens (tertiary/aromatic N) is 3. The Morgan fingerprint density at radius 3 is 2.55 bits per heavy atom. The lowest BCUT2D eigenvalue weighted by atomic mass is 10.1. The Morgan fingerprint density at radius 2 is 1.95 bits per heavy atom. The summed E-state index contributed by atoms with van der Waals surface area (Å²) >= 11 is 0. The van der Waals surface area contributed by atoms with Crippen molar-refractivity contribution < 1.29 is 0 Å². The summed E-state index contributed by atoms with van der Waals surface area (Å²) < 4.78 is 0. The summed E-state index contributed by atoms with van der Waals surface area (Å²) in [7, 11) is 0. The second kappa shape index (κ2) is 7.01. The Labute approximate surface area is 120 Å². The molecule has 0 spiro atoms. The highest BCUT2D eigenvalue weighted by Gasteiger charge is 2.10. The smallest absolute Gasteiger partial charge is 0.131 e. The van der Waals surface area contributed by atoms with Gasteiger partial charge in [0, 0.05) is 31.7 Å². The van der Waals surface area contributed by atoms with E-state index in [1.54, 1.807) is 0 Å². The molecule has 0 aliphatic carbocycles. The number of rotatable bonds is 6. The first-order chi connectivity index (χ1) is 9.74. The molecular weight excluding hydrogens is 248 g/mol.